The Morgan fingerprint density at radius 3 is 2.35 bits per heavy atom. The fraction of sp³-hybridized carbons (Fsp3) is 0.364. The minimum Gasteiger partial charge on any atom is -0.330 e. The zero-order valence-electron chi connectivity index (χ0n) is 9.64. The number of carbonyl (C=O) groups excluding carboxylic acids is 1. The molecule has 0 aliphatic rings. The van der Waals surface area contributed by atoms with Crippen LogP contribution in [0.5, 0.6) is 0 Å². The number of benzene rings is 1. The van der Waals surface area contributed by atoms with E-state index in [1.165, 1.54) is 12.1 Å². The molecule has 0 saturated carbocycles. The predicted molar refractivity (Wildman–Crippen MR) is 64.8 cm³/mol. The highest BCUT2D eigenvalue weighted by Gasteiger charge is 2.15. The zero-order chi connectivity index (χ0) is 12.9. The summed E-state index contributed by atoms with van der Waals surface area (Å²) < 4.78 is 25.4. The van der Waals surface area contributed by atoms with Crippen molar-refractivity contribution in [2.24, 2.45) is 5.73 Å². The van der Waals surface area contributed by atoms with Crippen LogP contribution < -0.4 is 10.5 Å². The van der Waals surface area contributed by atoms with Gasteiger partial charge in [-0.3, -0.25) is 4.79 Å². The predicted octanol–water partition coefficient (Wildman–Crippen LogP) is 0.403. The largest absolute Gasteiger partial charge is 0.330 e. The van der Waals surface area contributed by atoms with E-state index < -0.39 is 15.9 Å². The summed E-state index contributed by atoms with van der Waals surface area (Å²) in [5.74, 6) is -0.518. The van der Waals surface area contributed by atoms with Crippen LogP contribution in [0.1, 0.15) is 18.9 Å². The van der Waals surface area contributed by atoms with Crippen LogP contribution in [0.3, 0.4) is 0 Å². The maximum Gasteiger partial charge on any atom is 0.264 e. The molecule has 0 aliphatic heterocycles. The van der Waals surface area contributed by atoms with E-state index in [9.17, 15) is 13.2 Å². The van der Waals surface area contributed by atoms with Gasteiger partial charge in [-0.15, -0.1) is 0 Å². The van der Waals surface area contributed by atoms with Crippen LogP contribution in [0.25, 0.3) is 0 Å². The highest BCUT2D eigenvalue weighted by molar-refractivity contribution is 7.90. The first-order valence-electron chi connectivity index (χ1n) is 5.34. The van der Waals surface area contributed by atoms with Gasteiger partial charge < -0.3 is 5.73 Å². The maximum atomic E-state index is 11.7. The van der Waals surface area contributed by atoms with E-state index in [0.29, 0.717) is 13.0 Å². The van der Waals surface area contributed by atoms with Gasteiger partial charge in [-0.25, -0.2) is 13.1 Å². The van der Waals surface area contributed by atoms with E-state index in [4.69, 9.17) is 5.73 Å². The lowest BCUT2D eigenvalue weighted by Crippen LogP contribution is -2.29. The second-order valence-corrected chi connectivity index (χ2v) is 5.25. The monoisotopic (exact) mass is 256 g/mol. The number of amides is 1. The molecule has 1 rings (SSSR count). The van der Waals surface area contributed by atoms with Gasteiger partial charge in [0.05, 0.1) is 4.90 Å². The molecular weight excluding hydrogens is 240 g/mol. The third-order valence-corrected chi connectivity index (χ3v) is 3.63. The standard InChI is InChI=1S/C11H16N2O3S/c1-2-11(14)13-17(15,16)10-5-3-9(4-6-10)7-8-12/h3-6H,2,7-8,12H2,1H3,(H,13,14). The van der Waals surface area contributed by atoms with Crippen molar-refractivity contribution in [3.05, 3.63) is 29.8 Å². The van der Waals surface area contributed by atoms with Crippen molar-refractivity contribution in [3.63, 3.8) is 0 Å². The molecule has 5 nitrogen and oxygen atoms in total. The number of rotatable bonds is 5. The molecule has 3 N–H and O–H groups in total. The highest BCUT2D eigenvalue weighted by atomic mass is 32.2. The van der Waals surface area contributed by atoms with Crippen LogP contribution in [-0.4, -0.2) is 20.9 Å². The summed E-state index contributed by atoms with van der Waals surface area (Å²) in [5, 5.41) is 0. The van der Waals surface area contributed by atoms with E-state index in [1.54, 1.807) is 19.1 Å². The molecular formula is C11H16N2O3S. The van der Waals surface area contributed by atoms with E-state index in [2.05, 4.69) is 0 Å². The Kier molecular flexibility index (Phi) is 4.65. The van der Waals surface area contributed by atoms with Crippen LogP contribution in [0.15, 0.2) is 29.2 Å². The SMILES string of the molecule is CCC(=O)NS(=O)(=O)c1ccc(CCN)cc1. The first-order chi connectivity index (χ1) is 7.99. The lowest BCUT2D eigenvalue weighted by atomic mass is 10.2. The first kappa shape index (κ1) is 13.7. The lowest BCUT2D eigenvalue weighted by Gasteiger charge is -2.06. The molecule has 1 aromatic rings. The average molecular weight is 256 g/mol. The summed E-state index contributed by atoms with van der Waals surface area (Å²) in [7, 11) is -3.73. The quantitative estimate of drug-likeness (QED) is 0.798. The van der Waals surface area contributed by atoms with Crippen molar-refractivity contribution in [1.82, 2.24) is 4.72 Å². The molecule has 0 aromatic heterocycles. The Labute approximate surface area is 101 Å². The van der Waals surface area contributed by atoms with Crippen molar-refractivity contribution in [1.29, 1.82) is 0 Å². The minimum absolute atomic E-state index is 0.0834. The Hall–Kier alpha value is -1.40. The van der Waals surface area contributed by atoms with Crippen LogP contribution in [0.4, 0.5) is 0 Å². The van der Waals surface area contributed by atoms with Crippen LogP contribution >= 0.6 is 0 Å². The third-order valence-electron chi connectivity index (χ3n) is 2.24. The number of nitrogens with one attached hydrogen (secondary N) is 1. The fourth-order valence-electron chi connectivity index (χ4n) is 1.28. The Morgan fingerprint density at radius 1 is 1.29 bits per heavy atom. The van der Waals surface area contributed by atoms with Crippen molar-refractivity contribution < 1.29 is 13.2 Å². The van der Waals surface area contributed by atoms with Gasteiger partial charge in [0, 0.05) is 6.42 Å². The van der Waals surface area contributed by atoms with Crippen molar-refractivity contribution >= 4 is 15.9 Å². The summed E-state index contributed by atoms with van der Waals surface area (Å²) in [5.41, 5.74) is 6.36. The van der Waals surface area contributed by atoms with Crippen molar-refractivity contribution in [2.75, 3.05) is 6.54 Å². The van der Waals surface area contributed by atoms with E-state index >= 15 is 0 Å². The fourth-order valence-corrected chi connectivity index (χ4v) is 2.34. The summed E-state index contributed by atoms with van der Waals surface area (Å²) in [6, 6.07) is 6.32. The first-order valence-corrected chi connectivity index (χ1v) is 6.82. The zero-order valence-corrected chi connectivity index (χ0v) is 10.5. The number of hydrogen-bond donors (Lipinski definition) is 2. The molecule has 0 bridgehead atoms. The molecule has 0 fully saturated rings. The van der Waals surface area contributed by atoms with Gasteiger partial charge in [0.25, 0.3) is 10.0 Å². The molecule has 94 valence electrons. The van der Waals surface area contributed by atoms with Gasteiger partial charge in [0.2, 0.25) is 5.91 Å². The highest BCUT2D eigenvalue weighted by Crippen LogP contribution is 2.10. The topological polar surface area (TPSA) is 89.3 Å². The van der Waals surface area contributed by atoms with Crippen LogP contribution in [-0.2, 0) is 21.2 Å². The third kappa shape index (κ3) is 3.83. The molecule has 0 saturated heterocycles. The normalized spacial score (nSPS) is 11.2. The Balaban J connectivity index is 2.88. The molecule has 0 unspecified atom stereocenters. The van der Waals surface area contributed by atoms with Crippen LogP contribution in [0.2, 0.25) is 0 Å². The van der Waals surface area contributed by atoms with Gasteiger partial charge >= 0.3 is 0 Å². The number of hydrogen-bond acceptors (Lipinski definition) is 4. The molecule has 1 aromatic carbocycles. The van der Waals surface area contributed by atoms with Crippen LogP contribution in [0, 0.1) is 0 Å². The molecule has 0 heterocycles. The molecule has 6 heteroatoms. The van der Waals surface area contributed by atoms with Gasteiger partial charge in [0.1, 0.15) is 0 Å². The molecule has 0 aliphatic carbocycles. The molecule has 0 radical (unpaired) electrons. The van der Waals surface area contributed by atoms with Gasteiger partial charge in [-0.2, -0.15) is 0 Å². The number of nitrogens with two attached hydrogens (primary N) is 1. The van der Waals surface area contributed by atoms with Crippen molar-refractivity contribution in [2.45, 2.75) is 24.7 Å². The van der Waals surface area contributed by atoms with E-state index in [0.717, 1.165) is 5.56 Å². The molecule has 1 amide bonds. The maximum absolute atomic E-state index is 11.7. The summed E-state index contributed by atoms with van der Waals surface area (Å²) in [6.07, 6.45) is 0.826. The summed E-state index contributed by atoms with van der Waals surface area (Å²) in [6.45, 7) is 2.11. The second kappa shape index (κ2) is 5.79. The average Bonchev–Trinajstić information content (AvgIpc) is 2.29. The molecule has 17 heavy (non-hydrogen) atoms. The minimum atomic E-state index is -3.73. The second-order valence-electron chi connectivity index (χ2n) is 3.56. The Morgan fingerprint density at radius 2 is 1.88 bits per heavy atom. The number of sulfonamides is 1. The van der Waals surface area contributed by atoms with E-state index in [-0.39, 0.29) is 11.3 Å². The number of carbonyl (C=O) groups is 1. The van der Waals surface area contributed by atoms with Gasteiger partial charge in [-0.1, -0.05) is 19.1 Å². The smallest absolute Gasteiger partial charge is 0.264 e. The van der Waals surface area contributed by atoms with Crippen molar-refractivity contribution in [3.8, 4) is 0 Å². The summed E-state index contributed by atoms with van der Waals surface area (Å²) >= 11 is 0. The van der Waals surface area contributed by atoms with Gasteiger partial charge in [0.15, 0.2) is 0 Å². The lowest BCUT2D eigenvalue weighted by molar-refractivity contribution is -0.119. The van der Waals surface area contributed by atoms with Gasteiger partial charge in [-0.05, 0) is 30.7 Å². The molecule has 0 spiro atoms. The molecule has 0 atom stereocenters. The van der Waals surface area contributed by atoms with E-state index in [1.807, 2.05) is 4.72 Å². The summed E-state index contributed by atoms with van der Waals surface area (Å²) in [4.78, 5) is 11.1. The Bertz CT molecular complexity index is 480.